The Bertz CT molecular complexity index is 1410. The number of anilines is 1. The molecule has 10 heteroatoms. The number of fused-ring (bicyclic) bond motifs is 1. The lowest BCUT2D eigenvalue weighted by Crippen LogP contribution is -2.02. The van der Waals surface area contributed by atoms with Crippen LogP contribution in [0.4, 0.5) is 10.2 Å². The van der Waals surface area contributed by atoms with E-state index in [1.165, 1.54) is 23.1 Å². The Morgan fingerprint density at radius 2 is 1.90 bits per heavy atom. The second-order valence-corrected chi connectivity index (χ2v) is 8.04. The molecule has 5 aromatic rings. The molecule has 0 spiro atoms. The summed E-state index contributed by atoms with van der Waals surface area (Å²) in [6.45, 7) is 0.371. The molecule has 3 aromatic heterocycles. The summed E-state index contributed by atoms with van der Waals surface area (Å²) in [5.74, 6) is 0.0336. The summed E-state index contributed by atoms with van der Waals surface area (Å²) in [5.41, 5.74) is 9.91. The lowest BCUT2D eigenvalue weighted by Gasteiger charge is -2.05. The number of rotatable bonds is 4. The van der Waals surface area contributed by atoms with Gasteiger partial charge in [-0.15, -0.1) is 5.10 Å². The van der Waals surface area contributed by atoms with Gasteiger partial charge in [-0.1, -0.05) is 35.0 Å². The van der Waals surface area contributed by atoms with E-state index in [0.29, 0.717) is 34.4 Å². The Labute approximate surface area is 189 Å². The monoisotopic (exact) mass is 497 g/mol. The number of nitrogen functional groups attached to an aromatic ring is 1. The predicted octanol–water partition coefficient (Wildman–Crippen LogP) is 4.86. The van der Waals surface area contributed by atoms with Crippen molar-refractivity contribution in [1.29, 1.82) is 0 Å². The molecule has 0 saturated carbocycles. The first-order valence-corrected chi connectivity index (χ1v) is 10.4. The Morgan fingerprint density at radius 3 is 2.68 bits per heavy atom. The van der Waals surface area contributed by atoms with Crippen molar-refractivity contribution >= 4 is 44.4 Å². The van der Waals surface area contributed by atoms with Crippen molar-refractivity contribution in [3.05, 3.63) is 82.2 Å². The maximum absolute atomic E-state index is 13.6. The summed E-state index contributed by atoms with van der Waals surface area (Å²) in [6.07, 6.45) is 3.18. The van der Waals surface area contributed by atoms with Gasteiger partial charge in [0.2, 0.25) is 0 Å². The second-order valence-electron chi connectivity index (χ2n) is 6.85. The van der Waals surface area contributed by atoms with Crippen molar-refractivity contribution in [3.63, 3.8) is 0 Å². The lowest BCUT2D eigenvalue weighted by atomic mass is 10.1. The van der Waals surface area contributed by atoms with Crippen LogP contribution in [0.5, 0.6) is 0 Å². The van der Waals surface area contributed by atoms with E-state index in [4.69, 9.17) is 17.3 Å². The predicted molar refractivity (Wildman–Crippen MR) is 121 cm³/mol. The molecule has 154 valence electrons. The van der Waals surface area contributed by atoms with Gasteiger partial charge in [-0.05, 0) is 51.8 Å². The smallest absolute Gasteiger partial charge is 0.147 e. The van der Waals surface area contributed by atoms with Crippen LogP contribution in [0.2, 0.25) is 5.02 Å². The SMILES string of the molecule is Nc1ncnc2c1c(-c1ccc(Cl)cc1)c(Br)n2Cc1cn(-c2cccc(F)c2)nn1. The number of nitrogens with two attached hydrogens (primary N) is 1. The molecule has 3 heterocycles. The average Bonchev–Trinajstić information content (AvgIpc) is 3.33. The van der Waals surface area contributed by atoms with E-state index in [-0.39, 0.29) is 5.82 Å². The normalized spacial score (nSPS) is 11.3. The zero-order valence-electron chi connectivity index (χ0n) is 15.9. The highest BCUT2D eigenvalue weighted by atomic mass is 79.9. The third-order valence-corrected chi connectivity index (χ3v) is 5.95. The van der Waals surface area contributed by atoms with Gasteiger partial charge < -0.3 is 10.3 Å². The van der Waals surface area contributed by atoms with Gasteiger partial charge in [0.25, 0.3) is 0 Å². The van der Waals surface area contributed by atoms with E-state index in [2.05, 4.69) is 36.2 Å². The fourth-order valence-electron chi connectivity index (χ4n) is 3.47. The van der Waals surface area contributed by atoms with Crippen LogP contribution in [0.15, 0.2) is 65.7 Å². The lowest BCUT2D eigenvalue weighted by molar-refractivity contribution is 0.624. The summed E-state index contributed by atoms with van der Waals surface area (Å²) < 4.78 is 17.8. The molecule has 0 bridgehead atoms. The van der Waals surface area contributed by atoms with Gasteiger partial charge in [-0.3, -0.25) is 0 Å². The Morgan fingerprint density at radius 1 is 1.10 bits per heavy atom. The molecule has 5 rings (SSSR count). The maximum Gasteiger partial charge on any atom is 0.147 e. The molecule has 0 saturated heterocycles. The molecule has 2 N–H and O–H groups in total. The molecule has 0 aliphatic carbocycles. The molecular formula is C21H14BrClFN7. The van der Waals surface area contributed by atoms with Gasteiger partial charge in [0.15, 0.2) is 0 Å². The van der Waals surface area contributed by atoms with E-state index in [0.717, 1.165) is 21.1 Å². The van der Waals surface area contributed by atoms with Gasteiger partial charge >= 0.3 is 0 Å². The van der Waals surface area contributed by atoms with Crippen LogP contribution in [0.1, 0.15) is 5.69 Å². The van der Waals surface area contributed by atoms with Crippen molar-refractivity contribution in [2.75, 3.05) is 5.73 Å². The van der Waals surface area contributed by atoms with Crippen LogP contribution < -0.4 is 5.73 Å². The largest absolute Gasteiger partial charge is 0.383 e. The van der Waals surface area contributed by atoms with Gasteiger partial charge in [-0.2, -0.15) is 0 Å². The summed E-state index contributed by atoms with van der Waals surface area (Å²) in [5, 5.41) is 9.73. The summed E-state index contributed by atoms with van der Waals surface area (Å²) in [4.78, 5) is 8.61. The third kappa shape index (κ3) is 3.55. The van der Waals surface area contributed by atoms with Crippen molar-refractivity contribution in [2.45, 2.75) is 6.54 Å². The maximum atomic E-state index is 13.6. The Hall–Kier alpha value is -3.30. The van der Waals surface area contributed by atoms with Crippen molar-refractivity contribution in [1.82, 2.24) is 29.5 Å². The molecule has 7 nitrogen and oxygen atoms in total. The van der Waals surface area contributed by atoms with Crippen LogP contribution in [-0.2, 0) is 6.54 Å². The van der Waals surface area contributed by atoms with Crippen molar-refractivity contribution in [2.24, 2.45) is 0 Å². The number of hydrogen-bond donors (Lipinski definition) is 1. The van der Waals surface area contributed by atoms with Gasteiger partial charge in [0.05, 0.1) is 28.4 Å². The highest BCUT2D eigenvalue weighted by molar-refractivity contribution is 9.10. The fraction of sp³-hybridized carbons (Fsp3) is 0.0476. The highest BCUT2D eigenvalue weighted by Gasteiger charge is 2.21. The Kier molecular flexibility index (Phi) is 4.91. The topological polar surface area (TPSA) is 87.4 Å². The summed E-state index contributed by atoms with van der Waals surface area (Å²) in [6, 6.07) is 13.6. The zero-order chi connectivity index (χ0) is 21.5. The van der Waals surface area contributed by atoms with Gasteiger partial charge in [0.1, 0.15) is 29.3 Å². The first-order valence-electron chi connectivity index (χ1n) is 9.22. The van der Waals surface area contributed by atoms with Crippen molar-refractivity contribution in [3.8, 4) is 16.8 Å². The fourth-order valence-corrected chi connectivity index (χ4v) is 4.31. The van der Waals surface area contributed by atoms with Gasteiger partial charge in [0, 0.05) is 10.6 Å². The van der Waals surface area contributed by atoms with Gasteiger partial charge in [-0.25, -0.2) is 19.0 Å². The first kappa shape index (κ1) is 19.7. The molecule has 31 heavy (non-hydrogen) atoms. The first-order chi connectivity index (χ1) is 15.0. The summed E-state index contributed by atoms with van der Waals surface area (Å²) in [7, 11) is 0. The van der Waals surface area contributed by atoms with Crippen LogP contribution in [0.25, 0.3) is 27.8 Å². The number of benzene rings is 2. The minimum atomic E-state index is -0.339. The second kappa shape index (κ2) is 7.75. The van der Waals surface area contributed by atoms with Crippen LogP contribution in [0, 0.1) is 5.82 Å². The van der Waals surface area contributed by atoms with Crippen LogP contribution in [-0.4, -0.2) is 29.5 Å². The minimum Gasteiger partial charge on any atom is -0.383 e. The van der Waals surface area contributed by atoms with E-state index in [1.54, 1.807) is 18.3 Å². The molecule has 0 radical (unpaired) electrons. The molecule has 0 fully saturated rings. The summed E-state index contributed by atoms with van der Waals surface area (Å²) >= 11 is 9.76. The van der Waals surface area contributed by atoms with E-state index >= 15 is 0 Å². The molecule has 0 amide bonds. The standard InChI is InChI=1S/C21H14BrClFN7/c22-19-17(12-4-6-13(23)7-5-12)18-20(25)26-11-27-21(18)30(19)9-15-10-31(29-28-15)16-3-1-2-14(24)8-16/h1-8,10-11H,9H2,(H2,25,26,27). The van der Waals surface area contributed by atoms with Crippen LogP contribution >= 0.6 is 27.5 Å². The molecule has 0 unspecified atom stereocenters. The quantitative estimate of drug-likeness (QED) is 0.382. The highest BCUT2D eigenvalue weighted by Crippen LogP contribution is 2.40. The number of nitrogens with zero attached hydrogens (tertiary/aromatic N) is 6. The molecular weight excluding hydrogens is 485 g/mol. The number of aromatic nitrogens is 6. The van der Waals surface area contributed by atoms with E-state index < -0.39 is 0 Å². The van der Waals surface area contributed by atoms with E-state index in [9.17, 15) is 4.39 Å². The Balaban J connectivity index is 1.61. The van der Waals surface area contributed by atoms with E-state index in [1.807, 2.05) is 28.8 Å². The number of halogens is 3. The zero-order valence-corrected chi connectivity index (χ0v) is 18.2. The van der Waals surface area contributed by atoms with Crippen LogP contribution in [0.3, 0.4) is 0 Å². The molecule has 0 atom stereocenters. The molecule has 0 aliphatic heterocycles. The molecule has 2 aromatic carbocycles. The number of hydrogen-bond acceptors (Lipinski definition) is 5. The van der Waals surface area contributed by atoms with Crippen molar-refractivity contribution < 1.29 is 4.39 Å². The molecule has 0 aliphatic rings. The third-order valence-electron chi connectivity index (χ3n) is 4.87. The minimum absolute atomic E-state index is 0.339. The average molecular weight is 499 g/mol.